The molecule has 2 aromatic carbocycles. The van der Waals surface area contributed by atoms with Gasteiger partial charge >= 0.3 is 6.03 Å². The number of hydrogen-bond acceptors (Lipinski definition) is 7. The average molecular weight is 647 g/mol. The zero-order valence-electron chi connectivity index (χ0n) is 27.6. The second-order valence-electron chi connectivity index (χ2n) is 12.4. The van der Waals surface area contributed by atoms with Crippen molar-refractivity contribution in [2.45, 2.75) is 90.0 Å². The molecule has 11 nitrogen and oxygen atoms in total. The fourth-order valence-corrected chi connectivity index (χ4v) is 6.14. The summed E-state index contributed by atoms with van der Waals surface area (Å²) in [5, 5.41) is 13.1. The van der Waals surface area contributed by atoms with Gasteiger partial charge in [-0.2, -0.15) is 0 Å². The molecule has 3 amide bonds. The minimum Gasteiger partial charge on any atom is -0.490 e. The van der Waals surface area contributed by atoms with Crippen LogP contribution in [0.5, 0.6) is 5.75 Å². The number of likely N-dealkylation sites (N-methyl/N-ethyl adjacent to an activating group) is 1. The lowest BCUT2D eigenvalue weighted by Gasteiger charge is -2.36. The summed E-state index contributed by atoms with van der Waals surface area (Å²) >= 11 is 0. The van der Waals surface area contributed by atoms with E-state index in [4.69, 9.17) is 9.47 Å². The summed E-state index contributed by atoms with van der Waals surface area (Å²) in [6.45, 7) is 12.0. The first-order chi connectivity index (χ1) is 21.2. The molecule has 4 atom stereocenters. The molecule has 0 unspecified atom stereocenters. The molecule has 0 saturated carbocycles. The molecular formula is C33H50N4O7S. The molecule has 45 heavy (non-hydrogen) atoms. The van der Waals surface area contributed by atoms with E-state index in [1.165, 1.54) is 18.2 Å². The van der Waals surface area contributed by atoms with E-state index in [-0.39, 0.29) is 59.5 Å². The van der Waals surface area contributed by atoms with Crippen LogP contribution in [0, 0.1) is 12.8 Å². The van der Waals surface area contributed by atoms with E-state index in [0.717, 1.165) is 18.4 Å². The maximum absolute atomic E-state index is 14.3. The van der Waals surface area contributed by atoms with Crippen molar-refractivity contribution in [1.82, 2.24) is 15.1 Å². The molecule has 0 radical (unpaired) electrons. The number of nitrogens with zero attached hydrogens (tertiary/aromatic N) is 2. The van der Waals surface area contributed by atoms with E-state index >= 15 is 0 Å². The van der Waals surface area contributed by atoms with Gasteiger partial charge in [-0.15, -0.1) is 0 Å². The molecule has 3 N–H and O–H groups in total. The summed E-state index contributed by atoms with van der Waals surface area (Å²) in [5.74, 6) is -0.293. The van der Waals surface area contributed by atoms with Crippen LogP contribution >= 0.6 is 0 Å². The summed E-state index contributed by atoms with van der Waals surface area (Å²) in [6.07, 6.45) is 1.74. The monoisotopic (exact) mass is 646 g/mol. The maximum Gasteiger partial charge on any atom is 0.317 e. The van der Waals surface area contributed by atoms with Crippen molar-refractivity contribution < 1.29 is 32.6 Å². The number of benzene rings is 2. The number of hydrogen-bond donors (Lipinski definition) is 3. The Hall–Kier alpha value is -3.35. The molecule has 0 spiro atoms. The van der Waals surface area contributed by atoms with E-state index in [0.29, 0.717) is 25.3 Å². The number of ether oxygens (including phenoxy) is 2. The predicted molar refractivity (Wildman–Crippen MR) is 175 cm³/mol. The zero-order chi connectivity index (χ0) is 33.3. The maximum atomic E-state index is 14.3. The Bertz CT molecular complexity index is 1380. The minimum atomic E-state index is -3.92. The van der Waals surface area contributed by atoms with Gasteiger partial charge in [0, 0.05) is 44.4 Å². The highest BCUT2D eigenvalue weighted by atomic mass is 32.2. The summed E-state index contributed by atoms with van der Waals surface area (Å²) in [5.41, 5.74) is 1.33. The Labute approximate surface area is 268 Å². The smallest absolute Gasteiger partial charge is 0.317 e. The highest BCUT2D eigenvalue weighted by molar-refractivity contribution is 7.92. The number of aliphatic hydroxyl groups is 1. The fourth-order valence-electron chi connectivity index (χ4n) is 5.09. The number of anilines is 1. The van der Waals surface area contributed by atoms with Gasteiger partial charge in [0.2, 0.25) is 0 Å². The number of sulfonamides is 1. The van der Waals surface area contributed by atoms with Crippen LogP contribution in [0.3, 0.4) is 0 Å². The fraction of sp³-hybridized carbons (Fsp3) is 0.576. The van der Waals surface area contributed by atoms with Gasteiger partial charge in [-0.25, -0.2) is 13.2 Å². The van der Waals surface area contributed by atoms with Crippen LogP contribution in [0.15, 0.2) is 47.4 Å². The molecule has 1 aliphatic rings. The van der Waals surface area contributed by atoms with Crippen molar-refractivity contribution in [3.05, 3.63) is 53.6 Å². The van der Waals surface area contributed by atoms with Gasteiger partial charge in [0.05, 0.1) is 35.3 Å². The zero-order valence-corrected chi connectivity index (χ0v) is 28.4. The molecule has 0 saturated heterocycles. The Balaban J connectivity index is 1.98. The number of aryl methyl sites for hydroxylation is 1. The molecule has 2 aromatic rings. The first-order valence-electron chi connectivity index (χ1n) is 15.7. The van der Waals surface area contributed by atoms with E-state index in [2.05, 4.69) is 10.0 Å². The van der Waals surface area contributed by atoms with E-state index in [1.54, 1.807) is 48.0 Å². The first-order valence-corrected chi connectivity index (χ1v) is 17.1. The van der Waals surface area contributed by atoms with E-state index in [9.17, 15) is 23.1 Å². The third-order valence-electron chi connectivity index (χ3n) is 7.85. The third-order valence-corrected chi connectivity index (χ3v) is 9.24. The molecule has 3 rings (SSSR count). The lowest BCUT2D eigenvalue weighted by atomic mass is 10.0. The van der Waals surface area contributed by atoms with Crippen molar-refractivity contribution >= 4 is 27.6 Å². The van der Waals surface area contributed by atoms with Gasteiger partial charge in [0.25, 0.3) is 15.9 Å². The predicted octanol–water partition coefficient (Wildman–Crippen LogP) is 4.64. The van der Waals surface area contributed by atoms with Gasteiger partial charge in [-0.05, 0) is 84.2 Å². The number of urea groups is 1. The molecule has 250 valence electrons. The number of fused-ring (bicyclic) bond motifs is 1. The Morgan fingerprint density at radius 1 is 1.11 bits per heavy atom. The van der Waals surface area contributed by atoms with Gasteiger partial charge < -0.3 is 29.7 Å². The largest absolute Gasteiger partial charge is 0.490 e. The van der Waals surface area contributed by atoms with Gasteiger partial charge in [-0.3, -0.25) is 9.52 Å². The highest BCUT2D eigenvalue weighted by Crippen LogP contribution is 2.29. The Morgan fingerprint density at radius 2 is 1.80 bits per heavy atom. The average Bonchev–Trinajstić information content (AvgIpc) is 2.98. The summed E-state index contributed by atoms with van der Waals surface area (Å²) < 4.78 is 41.5. The topological polar surface area (TPSA) is 138 Å². The van der Waals surface area contributed by atoms with Crippen molar-refractivity contribution in [2.24, 2.45) is 5.92 Å². The molecule has 0 fully saturated rings. The van der Waals surface area contributed by atoms with Crippen molar-refractivity contribution in [1.29, 1.82) is 0 Å². The normalized spacial score (nSPS) is 20.9. The van der Waals surface area contributed by atoms with Crippen LogP contribution in [0.25, 0.3) is 0 Å². The Morgan fingerprint density at radius 3 is 2.44 bits per heavy atom. The second-order valence-corrected chi connectivity index (χ2v) is 14.1. The molecule has 12 heteroatoms. The van der Waals surface area contributed by atoms with Crippen molar-refractivity contribution in [3.63, 3.8) is 0 Å². The number of amides is 3. The third kappa shape index (κ3) is 10.3. The number of rotatable bonds is 8. The van der Waals surface area contributed by atoms with E-state index in [1.807, 2.05) is 34.6 Å². The first kappa shape index (κ1) is 36.1. The van der Waals surface area contributed by atoms with Crippen LogP contribution < -0.4 is 14.8 Å². The van der Waals surface area contributed by atoms with Crippen LogP contribution in [0.2, 0.25) is 0 Å². The lowest BCUT2D eigenvalue weighted by molar-refractivity contribution is -0.0122. The van der Waals surface area contributed by atoms with Crippen LogP contribution in [0.1, 0.15) is 69.8 Å². The molecule has 0 aliphatic carbocycles. The molecule has 1 heterocycles. The molecular weight excluding hydrogens is 596 g/mol. The van der Waals surface area contributed by atoms with Crippen LogP contribution in [-0.2, 0) is 14.8 Å². The van der Waals surface area contributed by atoms with Gasteiger partial charge in [0.15, 0.2) is 0 Å². The molecule has 0 aromatic heterocycles. The number of carbonyl (C=O) groups is 2. The van der Waals surface area contributed by atoms with Crippen LogP contribution in [-0.4, -0.2) is 92.9 Å². The van der Waals surface area contributed by atoms with Gasteiger partial charge in [-0.1, -0.05) is 24.6 Å². The number of nitrogens with one attached hydrogen (secondary N) is 2. The lowest BCUT2D eigenvalue weighted by Crippen LogP contribution is -2.49. The second kappa shape index (κ2) is 16.3. The standard InChI is InChI=1S/C33H50N4O7S/c1-22(2)34-33(40)36(7)20-31-24(4)19-37(25(5)21-38)32(39)29-18-27(35-45(41,42)28-14-11-23(3)12-15-28)13-16-30(29)44-26(6)10-8-9-17-43-31/h11-16,18,22,24-26,31,35,38H,8-10,17,19-21H2,1-7H3,(H,34,40)/t24-,25+,26-,31-/m1/s1. The molecule has 0 bridgehead atoms. The van der Waals surface area contributed by atoms with Crippen molar-refractivity contribution in [3.8, 4) is 5.75 Å². The summed E-state index contributed by atoms with van der Waals surface area (Å²) in [4.78, 5) is 30.2. The van der Waals surface area contributed by atoms with Crippen LogP contribution in [0.4, 0.5) is 10.5 Å². The minimum absolute atomic E-state index is 0.0173. The Kier molecular flexibility index (Phi) is 13.1. The number of carbonyl (C=O) groups excluding carboxylic acids is 2. The molecule has 1 aliphatic heterocycles. The highest BCUT2D eigenvalue weighted by Gasteiger charge is 2.31. The van der Waals surface area contributed by atoms with E-state index < -0.39 is 22.0 Å². The quantitative estimate of drug-likeness (QED) is 0.380. The van der Waals surface area contributed by atoms with Crippen molar-refractivity contribution in [2.75, 3.05) is 38.1 Å². The number of aliphatic hydroxyl groups excluding tert-OH is 1. The van der Waals surface area contributed by atoms with Gasteiger partial charge in [0.1, 0.15) is 5.75 Å². The SMILES string of the molecule is Cc1ccc(S(=O)(=O)Nc2ccc3c(c2)C(=O)N([C@@H](C)CO)C[C@@H](C)[C@@H](CN(C)C(=O)NC(C)C)OCCCC[C@@H](C)O3)cc1. The summed E-state index contributed by atoms with van der Waals surface area (Å²) in [6, 6.07) is 10.4. The summed E-state index contributed by atoms with van der Waals surface area (Å²) in [7, 11) is -2.21.